The van der Waals surface area contributed by atoms with Crippen LogP contribution in [0, 0.1) is 12.7 Å². The van der Waals surface area contributed by atoms with E-state index in [4.69, 9.17) is 11.6 Å². The van der Waals surface area contributed by atoms with Crippen LogP contribution in [-0.4, -0.2) is 8.42 Å². The molecule has 124 valence electrons. The Hall–Kier alpha value is -1.80. The van der Waals surface area contributed by atoms with Crippen LogP contribution < -0.4 is 4.72 Å². The molecule has 0 aromatic heterocycles. The Morgan fingerprint density at radius 2 is 1.74 bits per heavy atom. The van der Waals surface area contributed by atoms with Gasteiger partial charge in [-0.05, 0) is 48.9 Å². The number of hydrogen-bond acceptors (Lipinski definition) is 2. The van der Waals surface area contributed by atoms with Gasteiger partial charge in [0.1, 0.15) is 5.82 Å². The molecule has 1 N–H and O–H groups in total. The molecule has 3 nitrogen and oxygen atoms in total. The molecule has 0 heterocycles. The van der Waals surface area contributed by atoms with Crippen molar-refractivity contribution >= 4 is 27.3 Å². The first kappa shape index (κ1) is 17.6. The first-order valence-electron chi connectivity index (χ1n) is 6.16. The highest BCUT2D eigenvalue weighted by Gasteiger charge is 2.31. The summed E-state index contributed by atoms with van der Waals surface area (Å²) in [4.78, 5) is -0.257. The van der Waals surface area contributed by atoms with Gasteiger partial charge in [-0.3, -0.25) is 4.72 Å². The number of sulfonamides is 1. The zero-order chi connectivity index (χ0) is 17.4. The summed E-state index contributed by atoms with van der Waals surface area (Å²) in [7, 11) is -4.21. The number of alkyl halides is 3. The van der Waals surface area contributed by atoms with Gasteiger partial charge in [0.15, 0.2) is 0 Å². The SMILES string of the molecule is Cc1cc(F)ccc1S(=O)(=O)Nc1cc(C(F)(F)F)ccc1Cl. The molecule has 2 rings (SSSR count). The maximum atomic E-state index is 13.0. The quantitative estimate of drug-likeness (QED) is 0.805. The van der Waals surface area contributed by atoms with Crippen LogP contribution in [-0.2, 0) is 16.2 Å². The topological polar surface area (TPSA) is 46.2 Å². The maximum absolute atomic E-state index is 13.0. The molecule has 0 spiro atoms. The normalized spacial score (nSPS) is 12.3. The molecule has 0 bridgehead atoms. The van der Waals surface area contributed by atoms with E-state index in [2.05, 4.69) is 0 Å². The molecule has 0 fully saturated rings. The first-order chi connectivity index (χ1) is 10.5. The average molecular weight is 368 g/mol. The van der Waals surface area contributed by atoms with Crippen molar-refractivity contribution in [3.05, 3.63) is 58.4 Å². The van der Waals surface area contributed by atoms with E-state index in [9.17, 15) is 26.0 Å². The van der Waals surface area contributed by atoms with Crippen molar-refractivity contribution in [3.63, 3.8) is 0 Å². The van der Waals surface area contributed by atoms with Gasteiger partial charge in [0.2, 0.25) is 0 Å². The molecule has 0 aliphatic rings. The second kappa shape index (κ2) is 6.01. The summed E-state index contributed by atoms with van der Waals surface area (Å²) in [6.07, 6.45) is -4.64. The molecule has 0 aliphatic carbocycles. The van der Waals surface area contributed by atoms with E-state index in [1.165, 1.54) is 6.92 Å². The molecular formula is C14H10ClF4NO2S. The van der Waals surface area contributed by atoms with Crippen LogP contribution in [0.2, 0.25) is 5.02 Å². The van der Waals surface area contributed by atoms with Crippen molar-refractivity contribution in [2.45, 2.75) is 18.0 Å². The molecule has 2 aromatic rings. The van der Waals surface area contributed by atoms with Gasteiger partial charge < -0.3 is 0 Å². The minimum absolute atomic E-state index is 0.112. The highest BCUT2D eigenvalue weighted by molar-refractivity contribution is 7.92. The van der Waals surface area contributed by atoms with E-state index in [0.717, 1.165) is 30.3 Å². The number of anilines is 1. The van der Waals surface area contributed by atoms with E-state index in [1.54, 1.807) is 0 Å². The molecular weight excluding hydrogens is 358 g/mol. The molecule has 2 aromatic carbocycles. The Bertz CT molecular complexity index is 850. The van der Waals surface area contributed by atoms with Gasteiger partial charge in [-0.1, -0.05) is 11.6 Å². The van der Waals surface area contributed by atoms with Crippen molar-refractivity contribution in [2.75, 3.05) is 4.72 Å². The van der Waals surface area contributed by atoms with Crippen molar-refractivity contribution in [1.29, 1.82) is 0 Å². The second-order valence-corrected chi connectivity index (χ2v) is 6.77. The van der Waals surface area contributed by atoms with E-state index >= 15 is 0 Å². The minimum Gasteiger partial charge on any atom is -0.278 e. The molecule has 0 unspecified atom stereocenters. The van der Waals surface area contributed by atoms with Gasteiger partial charge in [0, 0.05) is 0 Å². The third-order valence-electron chi connectivity index (χ3n) is 2.96. The van der Waals surface area contributed by atoms with Crippen LogP contribution >= 0.6 is 11.6 Å². The summed E-state index contributed by atoms with van der Waals surface area (Å²) >= 11 is 5.75. The molecule has 0 radical (unpaired) electrons. The highest BCUT2D eigenvalue weighted by Crippen LogP contribution is 2.34. The van der Waals surface area contributed by atoms with E-state index < -0.39 is 33.3 Å². The number of hydrogen-bond donors (Lipinski definition) is 1. The Kier molecular flexibility index (Phi) is 4.59. The zero-order valence-electron chi connectivity index (χ0n) is 11.6. The van der Waals surface area contributed by atoms with Crippen LogP contribution in [0.1, 0.15) is 11.1 Å². The minimum atomic E-state index is -4.64. The van der Waals surface area contributed by atoms with Crippen LogP contribution in [0.4, 0.5) is 23.2 Å². The largest absolute Gasteiger partial charge is 0.416 e. The highest BCUT2D eigenvalue weighted by atomic mass is 35.5. The molecule has 23 heavy (non-hydrogen) atoms. The first-order valence-corrected chi connectivity index (χ1v) is 8.02. The fourth-order valence-corrected chi connectivity index (χ4v) is 3.41. The summed E-state index contributed by atoms with van der Waals surface area (Å²) in [6.45, 7) is 1.37. The predicted molar refractivity (Wildman–Crippen MR) is 78.4 cm³/mol. The summed E-state index contributed by atoms with van der Waals surface area (Å²) in [5.41, 5.74) is -1.35. The molecule has 0 amide bonds. The lowest BCUT2D eigenvalue weighted by atomic mass is 10.2. The van der Waals surface area contributed by atoms with Gasteiger partial charge in [0.25, 0.3) is 10.0 Å². The third kappa shape index (κ3) is 3.94. The van der Waals surface area contributed by atoms with E-state index in [1.807, 2.05) is 4.72 Å². The van der Waals surface area contributed by atoms with E-state index in [-0.39, 0.29) is 15.5 Å². The van der Waals surface area contributed by atoms with Crippen LogP contribution in [0.15, 0.2) is 41.3 Å². The number of halogens is 5. The molecule has 0 atom stereocenters. The Morgan fingerprint density at radius 3 is 2.30 bits per heavy atom. The molecule has 0 aliphatic heterocycles. The standard InChI is InChI=1S/C14H10ClF4NO2S/c1-8-6-10(16)3-5-13(8)23(21,22)20-12-7-9(14(17,18)19)2-4-11(12)15/h2-7,20H,1H3. The van der Waals surface area contributed by atoms with Crippen molar-refractivity contribution in [3.8, 4) is 0 Å². The van der Waals surface area contributed by atoms with Gasteiger partial charge >= 0.3 is 6.18 Å². The third-order valence-corrected chi connectivity index (χ3v) is 4.82. The Labute approximate surface area is 134 Å². The molecule has 9 heteroatoms. The monoisotopic (exact) mass is 367 g/mol. The predicted octanol–water partition coefficient (Wildman–Crippen LogP) is 4.61. The van der Waals surface area contributed by atoms with Crippen LogP contribution in [0.25, 0.3) is 0 Å². The van der Waals surface area contributed by atoms with Crippen LogP contribution in [0.3, 0.4) is 0 Å². The summed E-state index contributed by atoms with van der Waals surface area (Å²) in [5, 5.41) is -0.193. The molecule has 0 saturated heterocycles. The molecule has 0 saturated carbocycles. The van der Waals surface area contributed by atoms with Crippen molar-refractivity contribution in [1.82, 2.24) is 0 Å². The lowest BCUT2D eigenvalue weighted by Gasteiger charge is -2.14. The fourth-order valence-electron chi connectivity index (χ4n) is 1.89. The smallest absolute Gasteiger partial charge is 0.278 e. The summed E-state index contributed by atoms with van der Waals surface area (Å²) in [5.74, 6) is -0.626. The van der Waals surface area contributed by atoms with Crippen molar-refractivity contribution in [2.24, 2.45) is 0 Å². The van der Waals surface area contributed by atoms with Crippen LogP contribution in [0.5, 0.6) is 0 Å². The maximum Gasteiger partial charge on any atom is 0.416 e. The van der Waals surface area contributed by atoms with Gasteiger partial charge in [-0.25, -0.2) is 12.8 Å². The van der Waals surface area contributed by atoms with Gasteiger partial charge in [-0.15, -0.1) is 0 Å². The summed E-state index contributed by atoms with van der Waals surface area (Å²) in [6, 6.07) is 5.24. The Balaban J connectivity index is 2.45. The summed E-state index contributed by atoms with van der Waals surface area (Å²) < 4.78 is 77.7. The number of aryl methyl sites for hydroxylation is 1. The Morgan fingerprint density at radius 1 is 1.09 bits per heavy atom. The number of rotatable bonds is 3. The lowest BCUT2D eigenvalue weighted by Crippen LogP contribution is -2.15. The van der Waals surface area contributed by atoms with Crippen molar-refractivity contribution < 1.29 is 26.0 Å². The number of nitrogens with one attached hydrogen (secondary N) is 1. The second-order valence-electron chi connectivity index (χ2n) is 4.71. The lowest BCUT2D eigenvalue weighted by molar-refractivity contribution is -0.137. The number of benzene rings is 2. The average Bonchev–Trinajstić information content (AvgIpc) is 2.39. The fraction of sp³-hybridized carbons (Fsp3) is 0.143. The zero-order valence-corrected chi connectivity index (χ0v) is 13.2. The van der Waals surface area contributed by atoms with Gasteiger partial charge in [-0.2, -0.15) is 13.2 Å². The van der Waals surface area contributed by atoms with Gasteiger partial charge in [0.05, 0.1) is 21.2 Å². The van der Waals surface area contributed by atoms with E-state index in [0.29, 0.717) is 6.07 Å².